The molecule has 1 amide bonds. The maximum Gasteiger partial charge on any atom is 0.306 e. The Morgan fingerprint density at radius 2 is 1.79 bits per heavy atom. The number of hydrogen-bond acceptors (Lipinski definition) is 4. The summed E-state index contributed by atoms with van der Waals surface area (Å²) in [5.74, 6) is -1.53. The van der Waals surface area contributed by atoms with E-state index < -0.39 is 30.1 Å². The Hall–Kier alpha value is -3.48. The summed E-state index contributed by atoms with van der Waals surface area (Å²) in [6, 6.07) is 15.8. The molecule has 0 radical (unpaired) electrons. The lowest BCUT2D eigenvalue weighted by Gasteiger charge is -2.07. The minimum absolute atomic E-state index is 0.0172. The van der Waals surface area contributed by atoms with Gasteiger partial charge >= 0.3 is 5.97 Å². The molecule has 5 nitrogen and oxygen atoms in total. The van der Waals surface area contributed by atoms with Crippen LogP contribution in [0.5, 0.6) is 0 Å². The molecule has 28 heavy (non-hydrogen) atoms. The third-order valence-corrected chi connectivity index (χ3v) is 3.86. The maximum atomic E-state index is 13.5. The predicted octanol–water partition coefficient (Wildman–Crippen LogP) is 4.34. The van der Waals surface area contributed by atoms with Crippen molar-refractivity contribution in [1.29, 1.82) is 0 Å². The van der Waals surface area contributed by atoms with Gasteiger partial charge in [-0.25, -0.2) is 8.78 Å². The van der Waals surface area contributed by atoms with Gasteiger partial charge in [-0.05, 0) is 24.3 Å². The molecule has 1 aromatic heterocycles. The highest BCUT2D eigenvalue weighted by Crippen LogP contribution is 2.22. The first kappa shape index (κ1) is 19.3. The summed E-state index contributed by atoms with van der Waals surface area (Å²) < 4.78 is 37.1. The van der Waals surface area contributed by atoms with Crippen LogP contribution in [0.25, 0.3) is 11.3 Å². The van der Waals surface area contributed by atoms with E-state index in [1.165, 1.54) is 0 Å². The Balaban J connectivity index is 1.44. The smallest absolute Gasteiger partial charge is 0.306 e. The van der Waals surface area contributed by atoms with Crippen LogP contribution in [0.15, 0.2) is 65.1 Å². The van der Waals surface area contributed by atoms with Crippen LogP contribution >= 0.6 is 0 Å². The average molecular weight is 385 g/mol. The second-order valence-corrected chi connectivity index (χ2v) is 5.97. The van der Waals surface area contributed by atoms with E-state index in [4.69, 9.17) is 9.15 Å². The Morgan fingerprint density at radius 1 is 1.00 bits per heavy atom. The highest BCUT2D eigenvalue weighted by molar-refractivity contribution is 5.92. The lowest BCUT2D eigenvalue weighted by Crippen LogP contribution is -2.21. The summed E-state index contributed by atoms with van der Waals surface area (Å²) in [6.45, 7) is -0.595. The van der Waals surface area contributed by atoms with Crippen molar-refractivity contribution < 1.29 is 27.5 Å². The molecule has 3 rings (SSSR count). The van der Waals surface area contributed by atoms with Crippen LogP contribution in [0, 0.1) is 11.6 Å². The number of benzene rings is 2. The first-order valence-corrected chi connectivity index (χ1v) is 8.56. The molecule has 0 aliphatic rings. The van der Waals surface area contributed by atoms with E-state index in [1.807, 2.05) is 36.4 Å². The zero-order chi connectivity index (χ0) is 19.9. The summed E-state index contributed by atoms with van der Waals surface area (Å²) >= 11 is 0. The number of esters is 1. The van der Waals surface area contributed by atoms with Gasteiger partial charge in [-0.2, -0.15) is 0 Å². The molecule has 3 aromatic rings. The number of rotatable bonds is 7. The largest absolute Gasteiger partial charge is 0.461 e. The summed E-state index contributed by atoms with van der Waals surface area (Å²) in [6.07, 6.45) is 0.329. The number of carbonyl (C=O) groups is 2. The molecule has 2 aromatic carbocycles. The Morgan fingerprint density at radius 3 is 2.57 bits per heavy atom. The van der Waals surface area contributed by atoms with Crippen LogP contribution < -0.4 is 5.32 Å². The molecule has 0 atom stereocenters. The summed E-state index contributed by atoms with van der Waals surface area (Å²) in [7, 11) is 0. The van der Waals surface area contributed by atoms with Crippen LogP contribution in [-0.4, -0.2) is 18.5 Å². The second kappa shape index (κ2) is 8.94. The third kappa shape index (κ3) is 5.26. The minimum Gasteiger partial charge on any atom is -0.461 e. The number of halogens is 2. The fraction of sp³-hybridized carbons (Fsp3) is 0.143. The fourth-order valence-corrected chi connectivity index (χ4v) is 2.49. The van der Waals surface area contributed by atoms with E-state index in [0.29, 0.717) is 17.9 Å². The van der Waals surface area contributed by atoms with Crippen molar-refractivity contribution >= 4 is 17.6 Å². The van der Waals surface area contributed by atoms with Gasteiger partial charge in [-0.3, -0.25) is 9.59 Å². The summed E-state index contributed by atoms with van der Waals surface area (Å²) in [5, 5.41) is 2.15. The molecule has 1 heterocycles. The number of ether oxygens (including phenoxy) is 1. The van der Waals surface area contributed by atoms with Gasteiger partial charge in [0.25, 0.3) is 5.91 Å². The Bertz CT molecular complexity index is 970. The number of nitrogens with one attached hydrogen (secondary N) is 1. The molecule has 0 saturated heterocycles. The van der Waals surface area contributed by atoms with Gasteiger partial charge in [0.05, 0.1) is 12.1 Å². The lowest BCUT2D eigenvalue weighted by molar-refractivity contribution is -0.147. The van der Waals surface area contributed by atoms with Crippen LogP contribution in [0.3, 0.4) is 0 Å². The van der Waals surface area contributed by atoms with Gasteiger partial charge in [-0.1, -0.05) is 30.3 Å². The minimum atomic E-state index is -0.784. The molecule has 0 fully saturated rings. The zero-order valence-electron chi connectivity index (χ0n) is 14.8. The molecular weight excluding hydrogens is 368 g/mol. The molecular formula is C21H17F2NO4. The Kier molecular flexibility index (Phi) is 6.16. The van der Waals surface area contributed by atoms with Crippen LogP contribution in [0.1, 0.15) is 12.2 Å². The number of anilines is 1. The van der Waals surface area contributed by atoms with E-state index in [1.54, 1.807) is 6.07 Å². The van der Waals surface area contributed by atoms with Crippen molar-refractivity contribution in [3.63, 3.8) is 0 Å². The number of hydrogen-bond donors (Lipinski definition) is 1. The molecule has 0 bridgehead atoms. The van der Waals surface area contributed by atoms with E-state index in [-0.39, 0.29) is 12.1 Å². The topological polar surface area (TPSA) is 68.5 Å². The lowest BCUT2D eigenvalue weighted by atomic mass is 10.2. The standard InChI is InChI=1S/C21H17F2NO4/c22-15-6-9-17(23)18(12-15)24-20(25)13-27-21(26)11-8-16-7-10-19(28-16)14-4-2-1-3-5-14/h1-7,9-10,12H,8,11,13H2,(H,24,25). The molecule has 7 heteroatoms. The van der Waals surface area contributed by atoms with Crippen molar-refractivity contribution in [3.05, 3.63) is 78.1 Å². The van der Waals surface area contributed by atoms with Crippen molar-refractivity contribution in [1.82, 2.24) is 0 Å². The molecule has 0 aliphatic heterocycles. The molecule has 0 saturated carbocycles. The van der Waals surface area contributed by atoms with E-state index in [9.17, 15) is 18.4 Å². The molecule has 1 N–H and O–H groups in total. The van der Waals surface area contributed by atoms with E-state index in [2.05, 4.69) is 5.32 Å². The third-order valence-electron chi connectivity index (χ3n) is 3.86. The second-order valence-electron chi connectivity index (χ2n) is 5.97. The van der Waals surface area contributed by atoms with Gasteiger partial charge in [0.2, 0.25) is 0 Å². The van der Waals surface area contributed by atoms with Gasteiger partial charge in [0.15, 0.2) is 6.61 Å². The van der Waals surface area contributed by atoms with Crippen molar-refractivity contribution in [2.24, 2.45) is 0 Å². The first-order valence-electron chi connectivity index (χ1n) is 8.56. The summed E-state index contributed by atoms with van der Waals surface area (Å²) in [5.41, 5.74) is 0.614. The van der Waals surface area contributed by atoms with Gasteiger partial charge < -0.3 is 14.5 Å². The van der Waals surface area contributed by atoms with Crippen LogP contribution in [0.4, 0.5) is 14.5 Å². The molecule has 0 unspecified atom stereocenters. The number of amides is 1. The predicted molar refractivity (Wildman–Crippen MR) is 98.4 cm³/mol. The number of carbonyl (C=O) groups excluding carboxylic acids is 2. The Labute approximate surface area is 159 Å². The first-order chi connectivity index (χ1) is 13.5. The van der Waals surface area contributed by atoms with Gasteiger partial charge in [0.1, 0.15) is 23.2 Å². The zero-order valence-corrected chi connectivity index (χ0v) is 14.8. The van der Waals surface area contributed by atoms with Crippen molar-refractivity contribution in [2.45, 2.75) is 12.8 Å². The summed E-state index contributed by atoms with van der Waals surface area (Å²) in [4.78, 5) is 23.5. The molecule has 144 valence electrons. The molecule has 0 aliphatic carbocycles. The van der Waals surface area contributed by atoms with E-state index >= 15 is 0 Å². The maximum absolute atomic E-state index is 13.5. The van der Waals surface area contributed by atoms with Crippen LogP contribution in [0.2, 0.25) is 0 Å². The van der Waals surface area contributed by atoms with Crippen molar-refractivity contribution in [3.8, 4) is 11.3 Å². The van der Waals surface area contributed by atoms with Gasteiger partial charge in [-0.15, -0.1) is 0 Å². The fourth-order valence-electron chi connectivity index (χ4n) is 2.49. The SMILES string of the molecule is O=C(COC(=O)CCc1ccc(-c2ccccc2)o1)Nc1cc(F)ccc1F. The van der Waals surface area contributed by atoms with Gasteiger partial charge in [0, 0.05) is 18.1 Å². The van der Waals surface area contributed by atoms with E-state index in [0.717, 1.165) is 23.8 Å². The quantitative estimate of drug-likeness (QED) is 0.615. The number of aryl methyl sites for hydroxylation is 1. The number of furan rings is 1. The highest BCUT2D eigenvalue weighted by Gasteiger charge is 2.12. The normalized spacial score (nSPS) is 10.5. The molecule has 0 spiro atoms. The van der Waals surface area contributed by atoms with Crippen LogP contribution in [-0.2, 0) is 20.7 Å². The average Bonchev–Trinajstić information content (AvgIpc) is 3.17. The highest BCUT2D eigenvalue weighted by atomic mass is 19.1. The monoisotopic (exact) mass is 385 g/mol. The van der Waals surface area contributed by atoms with Crippen molar-refractivity contribution in [2.75, 3.05) is 11.9 Å².